The molecular weight excluding hydrogens is 344 g/mol. The van der Waals surface area contributed by atoms with Gasteiger partial charge >= 0.3 is 12.2 Å². The molecule has 4 atom stereocenters. The summed E-state index contributed by atoms with van der Waals surface area (Å²) in [6.07, 6.45) is -0.188. The summed E-state index contributed by atoms with van der Waals surface area (Å²) in [6.45, 7) is 9.83. The van der Waals surface area contributed by atoms with Gasteiger partial charge in [-0.25, -0.2) is 8.97 Å². The Kier molecular flexibility index (Phi) is 4.64. The molecule has 1 spiro atoms. The van der Waals surface area contributed by atoms with Crippen LogP contribution in [0, 0.1) is 5.92 Å². The summed E-state index contributed by atoms with van der Waals surface area (Å²) in [6, 6.07) is 9.71. The van der Waals surface area contributed by atoms with Crippen LogP contribution in [0.4, 0.5) is 9.59 Å². The Morgan fingerprint density at radius 1 is 1.15 bits per heavy atom. The Hall–Kier alpha value is -1.92. The lowest BCUT2D eigenvalue weighted by Gasteiger charge is -2.65. The maximum Gasteiger partial charge on any atom is 0.514 e. The third kappa shape index (κ3) is 2.69. The van der Waals surface area contributed by atoms with E-state index in [1.165, 1.54) is 0 Å². The average Bonchev–Trinajstić information content (AvgIpc) is 2.60. The first-order valence-corrected chi connectivity index (χ1v) is 9.76. The summed E-state index contributed by atoms with van der Waals surface area (Å²) in [5.74, 6) is 0.178. The van der Waals surface area contributed by atoms with E-state index in [4.69, 9.17) is 0 Å². The lowest BCUT2D eigenvalue weighted by molar-refractivity contribution is -1.02. The van der Waals surface area contributed by atoms with Gasteiger partial charge in [0.2, 0.25) is 0 Å². The predicted molar refractivity (Wildman–Crippen MR) is 102 cm³/mol. The summed E-state index contributed by atoms with van der Waals surface area (Å²) < 4.78 is -0.124. The lowest BCUT2D eigenvalue weighted by Crippen LogP contribution is -2.87. The zero-order valence-electron chi connectivity index (χ0n) is 16.8. The number of hydrogen-bond acceptors (Lipinski definition) is 2. The van der Waals surface area contributed by atoms with Crippen LogP contribution in [0.1, 0.15) is 46.1 Å². The van der Waals surface area contributed by atoms with Gasteiger partial charge in [0.1, 0.15) is 18.6 Å². The van der Waals surface area contributed by atoms with E-state index in [0.29, 0.717) is 26.2 Å². The molecular formula is C21H32N2O4+2. The summed E-state index contributed by atoms with van der Waals surface area (Å²) in [5.41, 5.74) is -0.0536. The zero-order chi connectivity index (χ0) is 20.1. The van der Waals surface area contributed by atoms with Gasteiger partial charge in [0.25, 0.3) is 0 Å². The number of rotatable bonds is 2. The maximum absolute atomic E-state index is 12.6. The number of likely N-dealkylation sites (tertiary alicyclic amines) is 2. The SMILES string of the molecule is CC1C[N+](Cc2ccccc2)(C(=O)O)C12CCC[N+](C(=O)O)(C(C)(C)C)C2. The Balaban J connectivity index is 2.08. The van der Waals surface area contributed by atoms with Gasteiger partial charge in [-0.3, -0.25) is 0 Å². The van der Waals surface area contributed by atoms with E-state index < -0.39 is 23.3 Å². The predicted octanol–water partition coefficient (Wildman–Crippen LogP) is 4.16. The van der Waals surface area contributed by atoms with Crippen LogP contribution >= 0.6 is 0 Å². The quantitative estimate of drug-likeness (QED) is 0.760. The Bertz CT molecular complexity index is 744. The normalized spacial score (nSPS) is 36.2. The van der Waals surface area contributed by atoms with E-state index in [1.54, 1.807) is 0 Å². The number of hydrogen-bond donors (Lipinski definition) is 2. The number of amides is 2. The molecule has 2 heterocycles. The van der Waals surface area contributed by atoms with Gasteiger partial charge in [-0.15, -0.1) is 0 Å². The van der Waals surface area contributed by atoms with E-state index in [-0.39, 0.29) is 14.9 Å². The fourth-order valence-electron chi connectivity index (χ4n) is 5.64. The molecule has 0 aliphatic carbocycles. The highest BCUT2D eigenvalue weighted by atomic mass is 16.4. The Labute approximate surface area is 161 Å². The smallest absolute Gasteiger partial charge is 0.435 e. The second-order valence-electron chi connectivity index (χ2n) is 9.49. The third-order valence-electron chi connectivity index (χ3n) is 7.36. The average molecular weight is 376 g/mol. The largest absolute Gasteiger partial charge is 0.514 e. The van der Waals surface area contributed by atoms with Crippen LogP contribution in [0.15, 0.2) is 30.3 Å². The van der Waals surface area contributed by atoms with Gasteiger partial charge < -0.3 is 10.2 Å². The number of benzene rings is 1. The Morgan fingerprint density at radius 2 is 1.78 bits per heavy atom. The lowest BCUT2D eigenvalue weighted by atomic mass is 9.65. The summed E-state index contributed by atoms with van der Waals surface area (Å²) >= 11 is 0. The Morgan fingerprint density at radius 3 is 2.26 bits per heavy atom. The van der Waals surface area contributed by atoms with Crippen LogP contribution in [-0.2, 0) is 6.54 Å². The van der Waals surface area contributed by atoms with Crippen LogP contribution in [0.25, 0.3) is 0 Å². The molecule has 2 aliphatic heterocycles. The summed E-state index contributed by atoms with van der Waals surface area (Å²) in [7, 11) is 0. The van der Waals surface area contributed by atoms with E-state index in [9.17, 15) is 19.8 Å². The first-order chi connectivity index (χ1) is 12.5. The fraction of sp³-hybridized carbons (Fsp3) is 0.619. The summed E-state index contributed by atoms with van der Waals surface area (Å²) in [4.78, 5) is 25.0. The molecule has 2 fully saturated rings. The number of piperidine rings is 1. The van der Waals surface area contributed by atoms with Crippen molar-refractivity contribution in [1.29, 1.82) is 0 Å². The highest BCUT2D eigenvalue weighted by Gasteiger charge is 2.75. The first-order valence-electron chi connectivity index (χ1n) is 9.76. The molecule has 6 heteroatoms. The second kappa shape index (κ2) is 6.31. The molecule has 2 aliphatic rings. The number of nitrogens with zero attached hydrogens (tertiary/aromatic N) is 2. The van der Waals surface area contributed by atoms with E-state index in [1.807, 2.05) is 51.1 Å². The zero-order valence-corrected chi connectivity index (χ0v) is 16.8. The first kappa shape index (κ1) is 19.8. The van der Waals surface area contributed by atoms with Crippen molar-refractivity contribution in [2.24, 2.45) is 5.92 Å². The summed E-state index contributed by atoms with van der Waals surface area (Å²) in [5, 5.41) is 20.5. The van der Waals surface area contributed by atoms with Crippen LogP contribution in [0.3, 0.4) is 0 Å². The van der Waals surface area contributed by atoms with Gasteiger partial charge in [-0.05, 0) is 20.8 Å². The highest BCUT2D eigenvalue weighted by Crippen LogP contribution is 2.53. The molecule has 1 aromatic rings. The molecule has 3 rings (SSSR count). The standard InChI is InChI=1S/C21H30N2O4/c1-16-13-23(19(26)27,14-17-9-6-5-7-10-17)21(16)11-8-12-22(15-21,18(24)25)20(2,3)4/h5-7,9-10,16H,8,11-15H2,1-4H3/p+2. The molecule has 6 nitrogen and oxygen atoms in total. The molecule has 0 saturated carbocycles. The second-order valence-corrected chi connectivity index (χ2v) is 9.49. The van der Waals surface area contributed by atoms with E-state index in [2.05, 4.69) is 6.92 Å². The van der Waals surface area contributed by atoms with Crippen molar-refractivity contribution in [2.45, 2.75) is 58.2 Å². The van der Waals surface area contributed by atoms with Crippen LogP contribution in [0.2, 0.25) is 0 Å². The third-order valence-corrected chi connectivity index (χ3v) is 7.36. The maximum atomic E-state index is 12.6. The molecule has 148 valence electrons. The van der Waals surface area contributed by atoms with Gasteiger partial charge in [-0.2, -0.15) is 9.59 Å². The minimum atomic E-state index is -0.844. The number of carboxylic acid groups (broad SMARTS) is 2. The van der Waals surface area contributed by atoms with Gasteiger partial charge in [0.15, 0.2) is 5.54 Å². The molecule has 4 unspecified atom stereocenters. The van der Waals surface area contributed by atoms with Crippen molar-refractivity contribution in [3.63, 3.8) is 0 Å². The molecule has 2 N–H and O–H groups in total. The fourth-order valence-corrected chi connectivity index (χ4v) is 5.64. The molecule has 2 saturated heterocycles. The van der Waals surface area contributed by atoms with Crippen molar-refractivity contribution in [3.8, 4) is 0 Å². The van der Waals surface area contributed by atoms with Gasteiger partial charge in [0.05, 0.1) is 19.0 Å². The van der Waals surface area contributed by atoms with Crippen molar-refractivity contribution in [2.75, 3.05) is 19.6 Å². The van der Waals surface area contributed by atoms with Crippen LogP contribution < -0.4 is 0 Å². The van der Waals surface area contributed by atoms with Crippen molar-refractivity contribution in [1.82, 2.24) is 0 Å². The number of carbonyl (C=O) groups is 2. The molecule has 27 heavy (non-hydrogen) atoms. The van der Waals surface area contributed by atoms with Gasteiger partial charge in [-0.1, -0.05) is 37.3 Å². The van der Waals surface area contributed by atoms with E-state index >= 15 is 0 Å². The monoisotopic (exact) mass is 376 g/mol. The van der Waals surface area contributed by atoms with Crippen molar-refractivity contribution >= 4 is 12.2 Å². The van der Waals surface area contributed by atoms with Crippen LogP contribution in [0.5, 0.6) is 0 Å². The van der Waals surface area contributed by atoms with E-state index in [0.717, 1.165) is 18.4 Å². The molecule has 0 aromatic heterocycles. The molecule has 1 aromatic carbocycles. The minimum absolute atomic E-state index is 0.0540. The van der Waals surface area contributed by atoms with Crippen molar-refractivity contribution < 1.29 is 28.8 Å². The van der Waals surface area contributed by atoms with Crippen LogP contribution in [-0.4, -0.2) is 62.1 Å². The number of quaternary nitrogens is 2. The topological polar surface area (TPSA) is 74.6 Å². The molecule has 2 amide bonds. The minimum Gasteiger partial charge on any atom is -0.435 e. The molecule has 0 radical (unpaired) electrons. The highest BCUT2D eigenvalue weighted by molar-refractivity contribution is 5.60. The van der Waals surface area contributed by atoms with Gasteiger partial charge in [0, 0.05) is 18.4 Å². The molecule has 0 bridgehead atoms. The van der Waals surface area contributed by atoms with Crippen molar-refractivity contribution in [3.05, 3.63) is 35.9 Å².